The minimum atomic E-state index is -5.07. The molecule has 1 saturated carbocycles. The van der Waals surface area contributed by atoms with E-state index >= 15 is 0 Å². The fraction of sp³-hybridized carbons (Fsp3) is 0.545. The molecule has 1 aromatic rings. The minimum absolute atomic E-state index is 0.0642. The molecule has 3 rings (SSSR count). The van der Waals surface area contributed by atoms with Crippen LogP contribution in [-0.2, 0) is 29.4 Å². The van der Waals surface area contributed by atoms with Crippen molar-refractivity contribution >= 4 is 11.9 Å². The first-order valence-electron chi connectivity index (χ1n) is 9.76. The second-order valence-corrected chi connectivity index (χ2v) is 8.19. The van der Waals surface area contributed by atoms with Crippen LogP contribution < -0.4 is 0 Å². The summed E-state index contributed by atoms with van der Waals surface area (Å²) in [6.07, 6.45) is -3.37. The molecule has 2 aliphatic rings. The van der Waals surface area contributed by atoms with Crippen LogP contribution in [0.3, 0.4) is 0 Å². The molecule has 30 heavy (non-hydrogen) atoms. The topological polar surface area (TPSA) is 61.8 Å². The van der Waals surface area contributed by atoms with Gasteiger partial charge in [-0.25, -0.2) is 4.79 Å². The lowest BCUT2D eigenvalue weighted by atomic mass is 9.78. The molecule has 2 fully saturated rings. The third-order valence-corrected chi connectivity index (χ3v) is 5.97. The largest absolute Gasteiger partial charge is 0.465 e. The number of allylic oxidation sites excluding steroid dienone is 2. The zero-order valence-electron chi connectivity index (χ0n) is 17.1. The summed E-state index contributed by atoms with van der Waals surface area (Å²) in [5, 5.41) is 0. The summed E-state index contributed by atoms with van der Waals surface area (Å²) in [6, 6.07) is 6.64. The standard InChI is InChI=1S/C22H25F3O5/c1-14(2)9-10-20-12-15(13-29-18(20)26)11-17(20)30-19(27)21(28-3,22(23,24)25)16-7-5-4-6-8-16/h4-9,15,17H,10-13H2,1-3H3/t15-,17+,20-,21-/m1/s1. The van der Waals surface area contributed by atoms with Gasteiger partial charge in [-0.15, -0.1) is 0 Å². The maximum absolute atomic E-state index is 14.2. The molecular formula is C22H25F3O5. The Bertz CT molecular complexity index is 831. The summed E-state index contributed by atoms with van der Waals surface area (Å²) in [5.41, 5.74) is -3.90. The van der Waals surface area contributed by atoms with Gasteiger partial charge in [0.15, 0.2) is 0 Å². The predicted molar refractivity (Wildman–Crippen MR) is 101 cm³/mol. The molecule has 0 unspecified atom stereocenters. The van der Waals surface area contributed by atoms with Crippen molar-refractivity contribution in [3.05, 3.63) is 47.5 Å². The average Bonchev–Trinajstić information content (AvgIpc) is 2.98. The molecule has 1 saturated heterocycles. The number of carbonyl (C=O) groups excluding carboxylic acids is 2. The van der Waals surface area contributed by atoms with Crippen LogP contribution in [-0.4, -0.2) is 37.9 Å². The van der Waals surface area contributed by atoms with E-state index in [2.05, 4.69) is 0 Å². The Balaban J connectivity index is 1.99. The van der Waals surface area contributed by atoms with Gasteiger partial charge in [0.1, 0.15) is 11.5 Å². The summed E-state index contributed by atoms with van der Waals surface area (Å²) >= 11 is 0. The fourth-order valence-corrected chi connectivity index (χ4v) is 4.38. The van der Waals surface area contributed by atoms with E-state index in [0.29, 0.717) is 6.42 Å². The van der Waals surface area contributed by atoms with E-state index < -0.39 is 35.2 Å². The number of hydrogen-bond donors (Lipinski definition) is 0. The summed E-state index contributed by atoms with van der Waals surface area (Å²) < 4.78 is 58.0. The van der Waals surface area contributed by atoms with Crippen molar-refractivity contribution in [1.29, 1.82) is 0 Å². The van der Waals surface area contributed by atoms with Gasteiger partial charge in [0.25, 0.3) is 5.60 Å². The summed E-state index contributed by atoms with van der Waals surface area (Å²) in [7, 11) is 0.821. The number of carbonyl (C=O) groups is 2. The maximum atomic E-state index is 14.2. The molecule has 1 aliphatic heterocycles. The smallest absolute Gasteiger partial charge is 0.432 e. The quantitative estimate of drug-likeness (QED) is 0.501. The van der Waals surface area contributed by atoms with Crippen molar-refractivity contribution < 1.29 is 37.0 Å². The van der Waals surface area contributed by atoms with E-state index in [4.69, 9.17) is 14.2 Å². The number of fused-ring (bicyclic) bond motifs is 2. The van der Waals surface area contributed by atoms with Crippen molar-refractivity contribution in [2.45, 2.75) is 51.0 Å². The second kappa shape index (κ2) is 8.06. The maximum Gasteiger partial charge on any atom is 0.432 e. The highest BCUT2D eigenvalue weighted by Crippen LogP contribution is 2.52. The zero-order chi connectivity index (χ0) is 22.2. The van der Waals surface area contributed by atoms with Crippen molar-refractivity contribution in [3.8, 4) is 0 Å². The Morgan fingerprint density at radius 2 is 1.93 bits per heavy atom. The summed E-state index contributed by atoms with van der Waals surface area (Å²) in [6.45, 7) is 3.89. The second-order valence-electron chi connectivity index (χ2n) is 8.19. The van der Waals surface area contributed by atoms with Crippen molar-refractivity contribution in [1.82, 2.24) is 0 Å². The Kier molecular flexibility index (Phi) is 6.00. The molecule has 4 atom stereocenters. The van der Waals surface area contributed by atoms with Crippen molar-refractivity contribution in [2.75, 3.05) is 13.7 Å². The molecule has 5 nitrogen and oxygen atoms in total. The van der Waals surface area contributed by atoms with Crippen LogP contribution in [0.1, 0.15) is 38.7 Å². The van der Waals surface area contributed by atoms with E-state index in [-0.39, 0.29) is 30.9 Å². The lowest BCUT2D eigenvalue weighted by Gasteiger charge is -2.37. The molecule has 164 valence electrons. The molecule has 1 aromatic carbocycles. The average molecular weight is 426 g/mol. The van der Waals surface area contributed by atoms with Crippen LogP contribution in [0.25, 0.3) is 0 Å². The van der Waals surface area contributed by atoms with Crippen LogP contribution in [0, 0.1) is 11.3 Å². The predicted octanol–water partition coefficient (Wildman–Crippen LogP) is 4.31. The molecule has 0 amide bonds. The van der Waals surface area contributed by atoms with Crippen LogP contribution in [0.5, 0.6) is 0 Å². The third kappa shape index (κ3) is 3.62. The highest BCUT2D eigenvalue weighted by atomic mass is 19.4. The first-order valence-corrected chi connectivity index (χ1v) is 9.76. The van der Waals surface area contributed by atoms with E-state index in [0.717, 1.165) is 12.7 Å². The van der Waals surface area contributed by atoms with Crippen LogP contribution in [0.15, 0.2) is 42.0 Å². The Labute approximate surface area is 173 Å². The van der Waals surface area contributed by atoms with Crippen molar-refractivity contribution in [3.63, 3.8) is 0 Å². The normalized spacial score (nSPS) is 27.7. The highest BCUT2D eigenvalue weighted by Gasteiger charge is 2.66. The molecule has 0 aromatic heterocycles. The molecule has 2 bridgehead atoms. The first kappa shape index (κ1) is 22.3. The van der Waals surface area contributed by atoms with Gasteiger partial charge in [0.2, 0.25) is 0 Å². The molecular weight excluding hydrogens is 401 g/mol. The molecule has 0 spiro atoms. The van der Waals surface area contributed by atoms with Gasteiger partial charge < -0.3 is 14.2 Å². The Hall–Kier alpha value is -2.35. The zero-order valence-corrected chi connectivity index (χ0v) is 17.1. The number of rotatable bonds is 6. The first-order chi connectivity index (χ1) is 14.1. The highest BCUT2D eigenvalue weighted by molar-refractivity contribution is 5.84. The summed E-state index contributed by atoms with van der Waals surface area (Å²) in [5.74, 6) is -2.18. The molecule has 0 radical (unpaired) electrons. The number of alkyl halides is 3. The van der Waals surface area contributed by atoms with Gasteiger partial charge in [-0.3, -0.25) is 4.79 Å². The number of esters is 2. The van der Waals surface area contributed by atoms with Gasteiger partial charge >= 0.3 is 18.1 Å². The van der Waals surface area contributed by atoms with Crippen LogP contribution in [0.2, 0.25) is 0 Å². The van der Waals surface area contributed by atoms with Gasteiger partial charge in [0, 0.05) is 12.7 Å². The van der Waals surface area contributed by atoms with Gasteiger partial charge in [0.05, 0.1) is 6.61 Å². The van der Waals surface area contributed by atoms with E-state index in [1.807, 2.05) is 19.9 Å². The minimum Gasteiger partial charge on any atom is -0.465 e. The number of halogens is 3. The Morgan fingerprint density at radius 1 is 1.27 bits per heavy atom. The number of methoxy groups -OCH3 is 1. The number of hydrogen-bond acceptors (Lipinski definition) is 5. The van der Waals surface area contributed by atoms with Gasteiger partial charge in [-0.05, 0) is 39.0 Å². The fourth-order valence-electron chi connectivity index (χ4n) is 4.38. The summed E-state index contributed by atoms with van der Waals surface area (Å²) in [4.78, 5) is 25.7. The molecule has 8 heteroatoms. The van der Waals surface area contributed by atoms with E-state index in [1.54, 1.807) is 0 Å². The number of benzene rings is 1. The Morgan fingerprint density at radius 3 is 2.50 bits per heavy atom. The van der Waals surface area contributed by atoms with Gasteiger partial charge in [-0.2, -0.15) is 13.2 Å². The van der Waals surface area contributed by atoms with Crippen LogP contribution in [0.4, 0.5) is 13.2 Å². The van der Waals surface area contributed by atoms with E-state index in [1.165, 1.54) is 30.3 Å². The van der Waals surface area contributed by atoms with E-state index in [9.17, 15) is 22.8 Å². The van der Waals surface area contributed by atoms with Crippen LogP contribution >= 0.6 is 0 Å². The molecule has 1 heterocycles. The number of cyclic esters (lactones) is 1. The van der Waals surface area contributed by atoms with Crippen molar-refractivity contribution in [2.24, 2.45) is 11.3 Å². The SMILES string of the molecule is CO[C@@](C(=O)O[C@H]1C[C@H]2COC(=O)[C@]1(CC=C(C)C)C2)(c1ccccc1)C(F)(F)F. The number of ether oxygens (including phenoxy) is 3. The molecule has 1 aliphatic carbocycles. The molecule has 0 N–H and O–H groups in total. The lowest BCUT2D eigenvalue weighted by Crippen LogP contribution is -2.54. The van der Waals surface area contributed by atoms with Gasteiger partial charge in [-0.1, -0.05) is 42.0 Å². The third-order valence-electron chi connectivity index (χ3n) is 5.97. The monoisotopic (exact) mass is 426 g/mol. The lowest BCUT2D eigenvalue weighted by molar-refractivity contribution is -0.279.